The Morgan fingerprint density at radius 1 is 0.913 bits per heavy atom. The molecule has 0 saturated heterocycles. The average molecular weight is 302 g/mol. The number of carbonyl (C=O) groups excluding carboxylic acids is 1. The molecule has 1 amide bonds. The molecule has 1 heterocycles. The maximum Gasteiger partial charge on any atom is 0.255 e. The van der Waals surface area contributed by atoms with Gasteiger partial charge in [-0.15, -0.1) is 0 Å². The molecule has 0 radical (unpaired) electrons. The lowest BCUT2D eigenvalue weighted by atomic mass is 10.1. The van der Waals surface area contributed by atoms with Gasteiger partial charge in [0.05, 0.1) is 5.69 Å². The Labute approximate surface area is 136 Å². The van der Waals surface area contributed by atoms with Crippen LogP contribution in [0.15, 0.2) is 66.9 Å². The first kappa shape index (κ1) is 15.0. The number of carbonyl (C=O) groups is 1. The van der Waals surface area contributed by atoms with Crippen LogP contribution in [0.3, 0.4) is 0 Å². The molecule has 3 heteroatoms. The van der Waals surface area contributed by atoms with Gasteiger partial charge in [0, 0.05) is 23.0 Å². The predicted octanol–water partition coefficient (Wildman–Crippen LogP) is 4.62. The van der Waals surface area contributed by atoms with Crippen molar-refractivity contribution >= 4 is 11.6 Å². The van der Waals surface area contributed by atoms with Crippen molar-refractivity contribution in [3.8, 4) is 11.3 Å². The number of amides is 1. The van der Waals surface area contributed by atoms with Crippen molar-refractivity contribution < 1.29 is 4.79 Å². The lowest BCUT2D eigenvalue weighted by molar-refractivity contribution is 0.102. The van der Waals surface area contributed by atoms with Crippen LogP contribution >= 0.6 is 0 Å². The summed E-state index contributed by atoms with van der Waals surface area (Å²) in [4.78, 5) is 16.7. The van der Waals surface area contributed by atoms with E-state index in [0.717, 1.165) is 28.1 Å². The van der Waals surface area contributed by atoms with Crippen LogP contribution in [0.5, 0.6) is 0 Å². The highest BCUT2D eigenvalue weighted by atomic mass is 16.1. The van der Waals surface area contributed by atoms with E-state index in [0.29, 0.717) is 5.56 Å². The summed E-state index contributed by atoms with van der Waals surface area (Å²) in [6, 6.07) is 19.3. The first-order valence-electron chi connectivity index (χ1n) is 7.53. The van der Waals surface area contributed by atoms with Gasteiger partial charge in [0.2, 0.25) is 0 Å². The summed E-state index contributed by atoms with van der Waals surface area (Å²) in [5.74, 6) is -0.109. The van der Waals surface area contributed by atoms with E-state index in [-0.39, 0.29) is 5.91 Å². The normalized spacial score (nSPS) is 10.3. The molecule has 0 aliphatic rings. The van der Waals surface area contributed by atoms with Crippen LogP contribution in [0.2, 0.25) is 0 Å². The monoisotopic (exact) mass is 302 g/mol. The van der Waals surface area contributed by atoms with Crippen molar-refractivity contribution in [1.29, 1.82) is 0 Å². The number of anilines is 1. The molecule has 0 unspecified atom stereocenters. The fraction of sp³-hybridized carbons (Fsp3) is 0.100. The highest BCUT2D eigenvalue weighted by molar-refractivity contribution is 6.04. The minimum Gasteiger partial charge on any atom is -0.322 e. The molecule has 1 N–H and O–H groups in total. The van der Waals surface area contributed by atoms with Gasteiger partial charge in [-0.05, 0) is 61.4 Å². The molecular formula is C20H18N2O. The molecule has 0 aliphatic heterocycles. The molecule has 0 fully saturated rings. The van der Waals surface area contributed by atoms with Gasteiger partial charge in [-0.3, -0.25) is 9.78 Å². The van der Waals surface area contributed by atoms with Gasteiger partial charge in [0.25, 0.3) is 5.91 Å². The van der Waals surface area contributed by atoms with E-state index in [1.807, 2.05) is 68.4 Å². The third-order valence-corrected chi connectivity index (χ3v) is 3.59. The van der Waals surface area contributed by atoms with Crippen molar-refractivity contribution in [2.75, 3.05) is 5.32 Å². The molecule has 0 spiro atoms. The van der Waals surface area contributed by atoms with E-state index in [1.165, 1.54) is 0 Å². The van der Waals surface area contributed by atoms with Gasteiger partial charge < -0.3 is 5.32 Å². The summed E-state index contributed by atoms with van der Waals surface area (Å²) in [5.41, 5.74) is 5.60. The lowest BCUT2D eigenvalue weighted by Crippen LogP contribution is -2.12. The zero-order valence-corrected chi connectivity index (χ0v) is 13.2. The summed E-state index contributed by atoms with van der Waals surface area (Å²) < 4.78 is 0. The summed E-state index contributed by atoms with van der Waals surface area (Å²) in [7, 11) is 0. The fourth-order valence-electron chi connectivity index (χ4n) is 2.58. The van der Waals surface area contributed by atoms with Crippen LogP contribution < -0.4 is 5.32 Å². The number of nitrogens with zero attached hydrogens (tertiary/aromatic N) is 1. The SMILES string of the molecule is Cc1cc(C)cc(NC(=O)c2ccc(-c3ccccn3)cc2)c1. The zero-order valence-electron chi connectivity index (χ0n) is 13.2. The van der Waals surface area contributed by atoms with Gasteiger partial charge in [-0.25, -0.2) is 0 Å². The molecule has 0 atom stereocenters. The van der Waals surface area contributed by atoms with E-state index in [9.17, 15) is 4.79 Å². The molecule has 2 aromatic carbocycles. The smallest absolute Gasteiger partial charge is 0.255 e. The number of hydrogen-bond acceptors (Lipinski definition) is 2. The van der Waals surface area contributed by atoms with Crippen molar-refractivity contribution in [1.82, 2.24) is 4.98 Å². The van der Waals surface area contributed by atoms with E-state index < -0.39 is 0 Å². The van der Waals surface area contributed by atoms with Crippen LogP contribution in [0, 0.1) is 13.8 Å². The van der Waals surface area contributed by atoms with E-state index in [1.54, 1.807) is 6.20 Å². The summed E-state index contributed by atoms with van der Waals surface area (Å²) in [6.45, 7) is 4.04. The van der Waals surface area contributed by atoms with Gasteiger partial charge in [-0.1, -0.05) is 24.3 Å². The van der Waals surface area contributed by atoms with Crippen molar-refractivity contribution in [3.05, 3.63) is 83.6 Å². The number of aromatic nitrogens is 1. The highest BCUT2D eigenvalue weighted by Crippen LogP contribution is 2.18. The highest BCUT2D eigenvalue weighted by Gasteiger charge is 2.07. The third kappa shape index (κ3) is 3.64. The average Bonchev–Trinajstić information content (AvgIpc) is 2.55. The topological polar surface area (TPSA) is 42.0 Å². The van der Waals surface area contributed by atoms with Crippen LogP contribution in [-0.4, -0.2) is 10.9 Å². The largest absolute Gasteiger partial charge is 0.322 e. The maximum atomic E-state index is 12.4. The number of rotatable bonds is 3. The molecule has 23 heavy (non-hydrogen) atoms. The minimum absolute atomic E-state index is 0.109. The predicted molar refractivity (Wildman–Crippen MR) is 93.5 cm³/mol. The molecular weight excluding hydrogens is 284 g/mol. The number of aryl methyl sites for hydroxylation is 2. The van der Waals surface area contributed by atoms with Crippen molar-refractivity contribution in [2.24, 2.45) is 0 Å². The summed E-state index contributed by atoms with van der Waals surface area (Å²) in [6.07, 6.45) is 1.76. The molecule has 3 rings (SSSR count). The second-order valence-corrected chi connectivity index (χ2v) is 5.62. The Hall–Kier alpha value is -2.94. The lowest BCUT2D eigenvalue weighted by Gasteiger charge is -2.08. The standard InChI is InChI=1S/C20H18N2O/c1-14-11-15(2)13-18(12-14)22-20(23)17-8-6-16(7-9-17)19-5-3-4-10-21-19/h3-13H,1-2H3,(H,22,23). The second kappa shape index (κ2) is 6.44. The fourth-order valence-corrected chi connectivity index (χ4v) is 2.58. The van der Waals surface area contributed by atoms with Crippen LogP contribution in [0.4, 0.5) is 5.69 Å². The molecule has 114 valence electrons. The van der Waals surface area contributed by atoms with Crippen LogP contribution in [-0.2, 0) is 0 Å². The van der Waals surface area contributed by atoms with Gasteiger partial charge in [0.15, 0.2) is 0 Å². The van der Waals surface area contributed by atoms with Crippen molar-refractivity contribution in [3.63, 3.8) is 0 Å². The number of hydrogen-bond donors (Lipinski definition) is 1. The Morgan fingerprint density at radius 3 is 2.22 bits per heavy atom. The van der Waals surface area contributed by atoms with Gasteiger partial charge in [0.1, 0.15) is 0 Å². The van der Waals surface area contributed by atoms with Gasteiger partial charge >= 0.3 is 0 Å². The minimum atomic E-state index is -0.109. The van der Waals surface area contributed by atoms with Gasteiger partial charge in [-0.2, -0.15) is 0 Å². The molecule has 3 aromatic rings. The quantitative estimate of drug-likeness (QED) is 0.767. The van der Waals surface area contributed by atoms with Crippen molar-refractivity contribution in [2.45, 2.75) is 13.8 Å². The molecule has 1 aromatic heterocycles. The van der Waals surface area contributed by atoms with E-state index >= 15 is 0 Å². The Kier molecular flexibility index (Phi) is 4.20. The van der Waals surface area contributed by atoms with E-state index in [2.05, 4.69) is 16.4 Å². The van der Waals surface area contributed by atoms with E-state index in [4.69, 9.17) is 0 Å². The Morgan fingerprint density at radius 2 is 1.61 bits per heavy atom. The summed E-state index contributed by atoms with van der Waals surface area (Å²) >= 11 is 0. The number of benzene rings is 2. The molecule has 0 aliphatic carbocycles. The maximum absolute atomic E-state index is 12.4. The van der Waals surface area contributed by atoms with Crippen LogP contribution in [0.1, 0.15) is 21.5 Å². The molecule has 0 bridgehead atoms. The zero-order chi connectivity index (χ0) is 16.2. The number of pyridine rings is 1. The first-order valence-corrected chi connectivity index (χ1v) is 7.53. The Bertz CT molecular complexity index is 804. The molecule has 3 nitrogen and oxygen atoms in total. The van der Waals surface area contributed by atoms with Crippen LogP contribution in [0.25, 0.3) is 11.3 Å². The molecule has 0 saturated carbocycles. The Balaban J connectivity index is 1.78. The first-order chi connectivity index (χ1) is 11.1. The third-order valence-electron chi connectivity index (χ3n) is 3.59. The second-order valence-electron chi connectivity index (χ2n) is 5.62. The summed E-state index contributed by atoms with van der Waals surface area (Å²) in [5, 5.41) is 2.94. The number of nitrogens with one attached hydrogen (secondary N) is 1.